The number of benzene rings is 1. The molecule has 0 aliphatic rings. The standard InChI is InChI=1S/C8H6O6.Zn/c9-5-1-3(7(11)12)6(10)2-4(5)8(13)14;/h1-2,9-10H,(H,11,12)(H,13,14);. The molecular weight excluding hydrogens is 257 g/mol. The van der Waals surface area contributed by atoms with Crippen LogP contribution in [0.2, 0.25) is 0 Å². The summed E-state index contributed by atoms with van der Waals surface area (Å²) in [5, 5.41) is 35.2. The molecule has 0 fully saturated rings. The van der Waals surface area contributed by atoms with Crippen molar-refractivity contribution in [2.24, 2.45) is 0 Å². The Morgan fingerprint density at radius 2 is 1.13 bits per heavy atom. The van der Waals surface area contributed by atoms with Gasteiger partial charge < -0.3 is 20.4 Å². The Balaban J connectivity index is 0.00000196. The molecule has 4 N–H and O–H groups in total. The molecule has 0 saturated carbocycles. The maximum absolute atomic E-state index is 10.4. The monoisotopic (exact) mass is 262 g/mol. The summed E-state index contributed by atoms with van der Waals surface area (Å²) in [5.41, 5.74) is -1.10. The van der Waals surface area contributed by atoms with Gasteiger partial charge in [-0.25, -0.2) is 9.59 Å². The zero-order valence-corrected chi connectivity index (χ0v) is 10.4. The van der Waals surface area contributed by atoms with Gasteiger partial charge in [0.25, 0.3) is 0 Å². The van der Waals surface area contributed by atoms with E-state index < -0.39 is 34.6 Å². The Bertz CT molecular complexity index is 374. The maximum atomic E-state index is 10.4. The molecule has 0 aliphatic carbocycles. The summed E-state index contributed by atoms with van der Waals surface area (Å²) in [5.74, 6) is -4.30. The SMILES string of the molecule is O=C(O)c1cc(O)c(C(=O)O)cc1O.[Zn]. The van der Waals surface area contributed by atoms with Crippen molar-refractivity contribution in [2.75, 3.05) is 0 Å². The smallest absolute Gasteiger partial charge is 0.339 e. The number of carbonyl (C=O) groups is 2. The minimum atomic E-state index is -1.45. The van der Waals surface area contributed by atoms with Gasteiger partial charge in [-0.3, -0.25) is 0 Å². The molecule has 76 valence electrons. The molecule has 1 rings (SSSR count). The van der Waals surface area contributed by atoms with Crippen molar-refractivity contribution in [3.05, 3.63) is 23.3 Å². The molecule has 0 aromatic heterocycles. The van der Waals surface area contributed by atoms with Gasteiger partial charge in [-0.15, -0.1) is 0 Å². The third kappa shape index (κ3) is 2.66. The summed E-state index contributed by atoms with van der Waals surface area (Å²) in [7, 11) is 0. The number of hydrogen-bond donors (Lipinski definition) is 4. The van der Waals surface area contributed by atoms with E-state index in [9.17, 15) is 9.59 Å². The van der Waals surface area contributed by atoms with Crippen LogP contribution in [0.5, 0.6) is 11.5 Å². The van der Waals surface area contributed by atoms with Crippen LogP contribution in [0.25, 0.3) is 0 Å². The van der Waals surface area contributed by atoms with E-state index in [0.717, 1.165) is 0 Å². The largest absolute Gasteiger partial charge is 0.507 e. The molecule has 1 aromatic rings. The van der Waals surface area contributed by atoms with Crippen molar-refractivity contribution in [3.8, 4) is 11.5 Å². The summed E-state index contributed by atoms with van der Waals surface area (Å²) in [6.45, 7) is 0. The zero-order valence-electron chi connectivity index (χ0n) is 7.47. The van der Waals surface area contributed by atoms with Crippen molar-refractivity contribution in [2.45, 2.75) is 0 Å². The van der Waals surface area contributed by atoms with Crippen molar-refractivity contribution >= 4 is 11.9 Å². The Morgan fingerprint density at radius 1 is 0.867 bits per heavy atom. The van der Waals surface area contributed by atoms with Gasteiger partial charge in [-0.1, -0.05) is 0 Å². The average Bonchev–Trinajstić information content (AvgIpc) is 2.07. The normalized spacial score (nSPS) is 9.07. The third-order valence-electron chi connectivity index (χ3n) is 1.57. The van der Waals surface area contributed by atoms with E-state index in [1.54, 1.807) is 0 Å². The van der Waals surface area contributed by atoms with E-state index in [1.807, 2.05) is 0 Å². The van der Waals surface area contributed by atoms with E-state index in [1.165, 1.54) is 0 Å². The molecular formula is C8H6O6Zn. The van der Waals surface area contributed by atoms with Crippen molar-refractivity contribution in [1.29, 1.82) is 0 Å². The number of phenols is 2. The van der Waals surface area contributed by atoms with Gasteiger partial charge >= 0.3 is 11.9 Å². The molecule has 0 radical (unpaired) electrons. The van der Waals surface area contributed by atoms with Gasteiger partial charge in [0.2, 0.25) is 0 Å². The second-order valence-corrected chi connectivity index (χ2v) is 2.50. The van der Waals surface area contributed by atoms with E-state index >= 15 is 0 Å². The molecule has 0 saturated heterocycles. The van der Waals surface area contributed by atoms with Crippen molar-refractivity contribution in [3.63, 3.8) is 0 Å². The third-order valence-corrected chi connectivity index (χ3v) is 1.57. The van der Waals surface area contributed by atoms with Crippen molar-refractivity contribution < 1.29 is 49.5 Å². The molecule has 0 unspecified atom stereocenters. The Hall–Kier alpha value is -1.62. The van der Waals surface area contributed by atoms with Gasteiger partial charge in [-0.05, 0) is 12.1 Å². The van der Waals surface area contributed by atoms with Crippen molar-refractivity contribution in [1.82, 2.24) is 0 Å². The Kier molecular flexibility index (Phi) is 4.24. The van der Waals surface area contributed by atoms with Gasteiger partial charge in [0.1, 0.15) is 22.6 Å². The van der Waals surface area contributed by atoms with Gasteiger partial charge in [-0.2, -0.15) is 0 Å². The Morgan fingerprint density at radius 3 is 1.33 bits per heavy atom. The molecule has 0 atom stereocenters. The second kappa shape index (κ2) is 4.75. The fourth-order valence-electron chi connectivity index (χ4n) is 0.919. The molecule has 7 heteroatoms. The van der Waals surface area contributed by atoms with E-state index in [-0.39, 0.29) is 19.5 Å². The first-order chi connectivity index (χ1) is 6.43. The average molecular weight is 264 g/mol. The van der Waals surface area contributed by atoms with Gasteiger partial charge in [0.15, 0.2) is 0 Å². The summed E-state index contributed by atoms with van der Waals surface area (Å²) in [6.07, 6.45) is 0. The fraction of sp³-hybridized carbons (Fsp3) is 0. The number of hydrogen-bond acceptors (Lipinski definition) is 4. The van der Waals surface area contributed by atoms with Crippen LogP contribution in [0.3, 0.4) is 0 Å². The van der Waals surface area contributed by atoms with Crippen LogP contribution >= 0.6 is 0 Å². The van der Waals surface area contributed by atoms with Crippen LogP contribution in [0, 0.1) is 0 Å². The van der Waals surface area contributed by atoms with E-state index in [0.29, 0.717) is 12.1 Å². The van der Waals surface area contributed by atoms with Crippen LogP contribution in [0.4, 0.5) is 0 Å². The van der Waals surface area contributed by atoms with Crippen LogP contribution in [-0.2, 0) is 19.5 Å². The summed E-state index contributed by atoms with van der Waals surface area (Å²) < 4.78 is 0. The van der Waals surface area contributed by atoms with Crippen LogP contribution in [0.1, 0.15) is 20.7 Å². The number of carboxylic acid groups (broad SMARTS) is 2. The van der Waals surface area contributed by atoms with Crippen LogP contribution in [0.15, 0.2) is 12.1 Å². The molecule has 0 spiro atoms. The number of aromatic hydroxyl groups is 2. The first kappa shape index (κ1) is 13.4. The predicted octanol–water partition coefficient (Wildman–Crippen LogP) is 0.492. The summed E-state index contributed by atoms with van der Waals surface area (Å²) >= 11 is 0. The van der Waals surface area contributed by atoms with Crippen LogP contribution in [-0.4, -0.2) is 32.4 Å². The number of carboxylic acids is 2. The number of aromatic carboxylic acids is 2. The minimum Gasteiger partial charge on any atom is -0.507 e. The topological polar surface area (TPSA) is 115 Å². The Labute approximate surface area is 96.5 Å². The first-order valence-corrected chi connectivity index (χ1v) is 3.46. The quantitative estimate of drug-likeness (QED) is 0.456. The van der Waals surface area contributed by atoms with E-state index in [4.69, 9.17) is 20.4 Å². The molecule has 0 aliphatic heterocycles. The molecule has 15 heavy (non-hydrogen) atoms. The summed E-state index contributed by atoms with van der Waals surface area (Å²) in [4.78, 5) is 20.9. The number of rotatable bonds is 2. The molecule has 1 aromatic carbocycles. The minimum absolute atomic E-state index is 0. The fourth-order valence-corrected chi connectivity index (χ4v) is 0.919. The predicted molar refractivity (Wildman–Crippen MR) is 43.7 cm³/mol. The first-order valence-electron chi connectivity index (χ1n) is 3.46. The molecule has 0 heterocycles. The molecule has 0 amide bonds. The molecule has 0 bridgehead atoms. The maximum Gasteiger partial charge on any atom is 0.339 e. The van der Waals surface area contributed by atoms with E-state index in [2.05, 4.69) is 0 Å². The molecule has 6 nitrogen and oxygen atoms in total. The van der Waals surface area contributed by atoms with Gasteiger partial charge in [0.05, 0.1) is 0 Å². The zero-order chi connectivity index (χ0) is 10.9. The summed E-state index contributed by atoms with van der Waals surface area (Å²) in [6, 6.07) is 1.36. The van der Waals surface area contributed by atoms with Gasteiger partial charge in [0, 0.05) is 19.5 Å². The second-order valence-electron chi connectivity index (χ2n) is 2.50. The van der Waals surface area contributed by atoms with Crippen LogP contribution < -0.4 is 0 Å².